The van der Waals surface area contributed by atoms with Crippen LogP contribution in [0, 0.1) is 6.92 Å². The summed E-state index contributed by atoms with van der Waals surface area (Å²) in [6, 6.07) is 2.11. The second-order valence-corrected chi connectivity index (χ2v) is 6.29. The molecule has 1 N–H and O–H groups in total. The summed E-state index contributed by atoms with van der Waals surface area (Å²) in [6.07, 6.45) is 6.84. The predicted octanol–water partition coefficient (Wildman–Crippen LogP) is 3.39. The van der Waals surface area contributed by atoms with E-state index in [-0.39, 0.29) is 11.8 Å². The van der Waals surface area contributed by atoms with E-state index in [0.717, 1.165) is 31.4 Å². The van der Waals surface area contributed by atoms with Gasteiger partial charge in [-0.2, -0.15) is 0 Å². The Morgan fingerprint density at radius 1 is 1.30 bits per heavy atom. The Morgan fingerprint density at radius 2 is 1.95 bits per heavy atom. The number of carboxylic acids is 1. The van der Waals surface area contributed by atoms with Crippen molar-refractivity contribution in [3.8, 4) is 5.75 Å². The van der Waals surface area contributed by atoms with Gasteiger partial charge in [0.05, 0.1) is 13.5 Å². The highest BCUT2D eigenvalue weighted by atomic mass is 16.5. The lowest BCUT2D eigenvalue weighted by Gasteiger charge is -2.28. The average Bonchev–Trinajstić information content (AvgIpc) is 3.18. The maximum atomic E-state index is 11.2. The minimum atomic E-state index is -0.699. The Kier molecular flexibility index (Phi) is 3.23. The van der Waals surface area contributed by atoms with Crippen molar-refractivity contribution < 1.29 is 14.6 Å². The highest BCUT2D eigenvalue weighted by Crippen LogP contribution is 2.56. The van der Waals surface area contributed by atoms with Crippen LogP contribution in [0.3, 0.4) is 0 Å². The largest absolute Gasteiger partial charge is 0.496 e. The molecule has 0 aromatic heterocycles. The van der Waals surface area contributed by atoms with Crippen molar-refractivity contribution in [3.05, 3.63) is 28.3 Å². The molecule has 1 fully saturated rings. The third-order valence-corrected chi connectivity index (χ3v) is 4.93. The molecule has 0 unspecified atom stereocenters. The van der Waals surface area contributed by atoms with Gasteiger partial charge in [0.1, 0.15) is 5.75 Å². The molecule has 1 aromatic carbocycles. The van der Waals surface area contributed by atoms with E-state index in [1.807, 2.05) is 0 Å². The smallest absolute Gasteiger partial charge is 0.304 e. The van der Waals surface area contributed by atoms with Crippen LogP contribution in [0.2, 0.25) is 0 Å². The van der Waals surface area contributed by atoms with Crippen LogP contribution in [-0.4, -0.2) is 18.2 Å². The monoisotopic (exact) mass is 274 g/mol. The van der Waals surface area contributed by atoms with Gasteiger partial charge in [0.15, 0.2) is 0 Å². The molecule has 0 spiro atoms. The quantitative estimate of drug-likeness (QED) is 0.915. The van der Waals surface area contributed by atoms with Crippen molar-refractivity contribution in [2.45, 2.75) is 57.3 Å². The molecule has 3 rings (SSSR count). The summed E-state index contributed by atoms with van der Waals surface area (Å²) in [5, 5.41) is 9.23. The Bertz CT molecular complexity index is 556. The van der Waals surface area contributed by atoms with E-state index >= 15 is 0 Å². The maximum Gasteiger partial charge on any atom is 0.304 e. The summed E-state index contributed by atoms with van der Waals surface area (Å²) >= 11 is 0. The number of aryl methyl sites for hydroxylation is 1. The van der Waals surface area contributed by atoms with Gasteiger partial charge in [-0.1, -0.05) is 0 Å². The van der Waals surface area contributed by atoms with E-state index in [1.54, 1.807) is 7.11 Å². The molecule has 108 valence electrons. The Morgan fingerprint density at radius 3 is 2.50 bits per heavy atom. The topological polar surface area (TPSA) is 46.5 Å². The minimum Gasteiger partial charge on any atom is -0.496 e. The summed E-state index contributed by atoms with van der Waals surface area (Å²) in [6.45, 7) is 2.15. The average molecular weight is 274 g/mol. The first-order chi connectivity index (χ1) is 9.57. The number of methoxy groups -OCH3 is 1. The van der Waals surface area contributed by atoms with Crippen LogP contribution in [0.4, 0.5) is 0 Å². The highest BCUT2D eigenvalue weighted by molar-refractivity contribution is 5.71. The van der Waals surface area contributed by atoms with Crippen LogP contribution in [0.15, 0.2) is 6.07 Å². The summed E-state index contributed by atoms with van der Waals surface area (Å²) in [5.41, 5.74) is 5.19. The molecule has 0 radical (unpaired) electrons. The lowest BCUT2D eigenvalue weighted by molar-refractivity contribution is -0.137. The Balaban J connectivity index is 2.16. The molecule has 1 aromatic rings. The van der Waals surface area contributed by atoms with E-state index in [0.29, 0.717) is 0 Å². The number of benzene rings is 1. The molecule has 3 heteroatoms. The van der Waals surface area contributed by atoms with Gasteiger partial charge in [-0.05, 0) is 68.2 Å². The van der Waals surface area contributed by atoms with E-state index < -0.39 is 5.97 Å². The van der Waals surface area contributed by atoms with Crippen molar-refractivity contribution >= 4 is 5.97 Å². The zero-order valence-electron chi connectivity index (χ0n) is 12.3. The lowest BCUT2D eigenvalue weighted by atomic mass is 9.78. The van der Waals surface area contributed by atoms with Crippen molar-refractivity contribution in [3.63, 3.8) is 0 Å². The normalized spacial score (nSPS) is 19.3. The number of hydrogen-bond donors (Lipinski definition) is 1. The Hall–Kier alpha value is -1.51. The van der Waals surface area contributed by atoms with Crippen molar-refractivity contribution in [2.75, 3.05) is 7.11 Å². The second-order valence-electron chi connectivity index (χ2n) is 6.29. The van der Waals surface area contributed by atoms with Gasteiger partial charge in [0.25, 0.3) is 0 Å². The molecule has 0 atom stereocenters. The van der Waals surface area contributed by atoms with Gasteiger partial charge in [-0.15, -0.1) is 0 Å². The van der Waals surface area contributed by atoms with Gasteiger partial charge in [-0.3, -0.25) is 4.79 Å². The minimum absolute atomic E-state index is 0.160. The SMILES string of the molecule is COc1cc(C)c2c(c1C1(CC(=O)O)CC1)CCCC2. The van der Waals surface area contributed by atoms with E-state index in [1.165, 1.54) is 35.1 Å². The highest BCUT2D eigenvalue weighted by Gasteiger charge is 2.49. The zero-order valence-corrected chi connectivity index (χ0v) is 12.3. The fourth-order valence-electron chi connectivity index (χ4n) is 3.82. The summed E-state index contributed by atoms with van der Waals surface area (Å²) in [7, 11) is 1.70. The van der Waals surface area contributed by atoms with Crippen LogP contribution in [0.1, 0.15) is 54.4 Å². The van der Waals surface area contributed by atoms with Crippen molar-refractivity contribution in [1.82, 2.24) is 0 Å². The molecule has 0 bridgehead atoms. The maximum absolute atomic E-state index is 11.2. The molecule has 2 aliphatic carbocycles. The number of fused-ring (bicyclic) bond motifs is 1. The fourth-order valence-corrected chi connectivity index (χ4v) is 3.82. The molecule has 0 saturated heterocycles. The number of ether oxygens (including phenoxy) is 1. The van der Waals surface area contributed by atoms with Crippen LogP contribution in [0.5, 0.6) is 5.75 Å². The first-order valence-electron chi connectivity index (χ1n) is 7.49. The van der Waals surface area contributed by atoms with Gasteiger partial charge in [-0.25, -0.2) is 0 Å². The molecular formula is C17H22O3. The predicted molar refractivity (Wildman–Crippen MR) is 77.5 cm³/mol. The number of carboxylic acid groups (broad SMARTS) is 1. The van der Waals surface area contributed by atoms with E-state index in [2.05, 4.69) is 13.0 Å². The molecule has 2 aliphatic rings. The second kappa shape index (κ2) is 4.80. The van der Waals surface area contributed by atoms with Crippen LogP contribution in [-0.2, 0) is 23.1 Å². The summed E-state index contributed by atoms with van der Waals surface area (Å²) in [4.78, 5) is 11.2. The van der Waals surface area contributed by atoms with Crippen molar-refractivity contribution in [1.29, 1.82) is 0 Å². The van der Waals surface area contributed by atoms with E-state index in [9.17, 15) is 9.90 Å². The number of hydrogen-bond acceptors (Lipinski definition) is 2. The summed E-state index contributed by atoms with van der Waals surface area (Å²) in [5.74, 6) is 0.205. The molecule has 0 aliphatic heterocycles. The Labute approximate surface area is 120 Å². The van der Waals surface area contributed by atoms with E-state index in [4.69, 9.17) is 4.74 Å². The van der Waals surface area contributed by atoms with Crippen LogP contribution in [0.25, 0.3) is 0 Å². The van der Waals surface area contributed by atoms with Gasteiger partial charge in [0, 0.05) is 11.0 Å². The number of aliphatic carboxylic acids is 1. The van der Waals surface area contributed by atoms with Gasteiger partial charge < -0.3 is 9.84 Å². The molecule has 0 heterocycles. The molecular weight excluding hydrogens is 252 g/mol. The standard InChI is InChI=1S/C17H22O3/c1-11-9-14(20-2)16(13-6-4-3-5-12(11)13)17(7-8-17)10-15(18)19/h9H,3-8,10H2,1-2H3,(H,18,19). The molecule has 0 amide bonds. The zero-order chi connectivity index (χ0) is 14.3. The third kappa shape index (κ3) is 2.09. The molecule has 1 saturated carbocycles. The van der Waals surface area contributed by atoms with Gasteiger partial charge in [0.2, 0.25) is 0 Å². The van der Waals surface area contributed by atoms with Crippen molar-refractivity contribution in [2.24, 2.45) is 0 Å². The molecule has 3 nitrogen and oxygen atoms in total. The lowest BCUT2D eigenvalue weighted by Crippen LogP contribution is -2.20. The third-order valence-electron chi connectivity index (χ3n) is 4.93. The van der Waals surface area contributed by atoms with Crippen LogP contribution < -0.4 is 4.74 Å². The number of carbonyl (C=O) groups is 1. The van der Waals surface area contributed by atoms with Gasteiger partial charge >= 0.3 is 5.97 Å². The fraction of sp³-hybridized carbons (Fsp3) is 0.588. The first kappa shape index (κ1) is 13.5. The van der Waals surface area contributed by atoms with Crippen LogP contribution >= 0.6 is 0 Å². The first-order valence-corrected chi connectivity index (χ1v) is 7.49. The number of rotatable bonds is 4. The summed E-state index contributed by atoms with van der Waals surface area (Å²) < 4.78 is 5.61. The molecule has 20 heavy (non-hydrogen) atoms.